The molecule has 2 aliphatic heterocycles. The van der Waals surface area contributed by atoms with Crippen LogP contribution in [0.4, 0.5) is 17.5 Å². The van der Waals surface area contributed by atoms with Crippen LogP contribution in [0.2, 0.25) is 0 Å². The van der Waals surface area contributed by atoms with Gasteiger partial charge in [0.1, 0.15) is 11.5 Å². The van der Waals surface area contributed by atoms with Crippen LogP contribution in [0.3, 0.4) is 0 Å². The smallest absolute Gasteiger partial charge is 0.263 e. The van der Waals surface area contributed by atoms with Gasteiger partial charge < -0.3 is 16.0 Å². The van der Waals surface area contributed by atoms with Crippen molar-refractivity contribution >= 4 is 34.3 Å². The Bertz CT molecular complexity index is 1570. The van der Waals surface area contributed by atoms with Gasteiger partial charge in [0.05, 0.1) is 17.4 Å². The summed E-state index contributed by atoms with van der Waals surface area (Å²) in [5, 5.41) is 3.98. The molecule has 2 aliphatic carbocycles. The fourth-order valence-electron chi connectivity index (χ4n) is 7.90. The predicted octanol–water partition coefficient (Wildman–Crippen LogP) is 3.49. The summed E-state index contributed by atoms with van der Waals surface area (Å²) in [5.41, 5.74) is 8.35. The molecular formula is C33H45N9O2. The highest BCUT2D eigenvalue weighted by Gasteiger charge is 2.36. The Morgan fingerprint density at radius 3 is 2.45 bits per heavy atom. The van der Waals surface area contributed by atoms with Crippen molar-refractivity contribution in [3.8, 4) is 0 Å². The summed E-state index contributed by atoms with van der Waals surface area (Å²) in [6.07, 6.45) is 11.2. The number of nitrogens with zero attached hydrogens (tertiary/aromatic N) is 7. The molecule has 2 saturated heterocycles. The Morgan fingerprint density at radius 2 is 1.77 bits per heavy atom. The van der Waals surface area contributed by atoms with Crippen LogP contribution in [0.1, 0.15) is 73.8 Å². The van der Waals surface area contributed by atoms with Gasteiger partial charge in [0.25, 0.3) is 5.56 Å². The lowest BCUT2D eigenvalue weighted by atomic mass is 9.86. The Balaban J connectivity index is 0.991. The molecule has 7 rings (SSSR count). The van der Waals surface area contributed by atoms with Crippen LogP contribution in [-0.2, 0) is 0 Å². The summed E-state index contributed by atoms with van der Waals surface area (Å²) in [6, 6.07) is 5.26. The number of likely N-dealkylation sites (tertiary alicyclic amines) is 1. The molecule has 4 aliphatic rings. The maximum atomic E-state index is 13.5. The lowest BCUT2D eigenvalue weighted by molar-refractivity contribution is 0.101. The number of hydrogen-bond donors (Lipinski definition) is 2. The average molecular weight is 600 g/mol. The molecule has 2 saturated carbocycles. The number of piperazine rings is 1. The maximum absolute atomic E-state index is 13.5. The van der Waals surface area contributed by atoms with E-state index >= 15 is 0 Å². The monoisotopic (exact) mass is 599 g/mol. The highest BCUT2D eigenvalue weighted by atomic mass is 16.1. The number of anilines is 3. The van der Waals surface area contributed by atoms with Gasteiger partial charge in [-0.25, -0.2) is 9.97 Å². The summed E-state index contributed by atoms with van der Waals surface area (Å²) >= 11 is 0. The van der Waals surface area contributed by atoms with Gasteiger partial charge >= 0.3 is 0 Å². The molecule has 44 heavy (non-hydrogen) atoms. The third kappa shape index (κ3) is 5.73. The summed E-state index contributed by atoms with van der Waals surface area (Å²) in [6.45, 7) is 11.1. The Morgan fingerprint density at radius 1 is 1.00 bits per heavy atom. The quantitative estimate of drug-likeness (QED) is 0.372. The zero-order chi connectivity index (χ0) is 30.4. The molecule has 0 aromatic carbocycles. The van der Waals surface area contributed by atoms with Gasteiger partial charge in [0.15, 0.2) is 5.78 Å². The van der Waals surface area contributed by atoms with Gasteiger partial charge in [-0.05, 0) is 76.1 Å². The summed E-state index contributed by atoms with van der Waals surface area (Å²) in [7, 11) is 0. The van der Waals surface area contributed by atoms with E-state index in [1.807, 2.05) is 19.2 Å². The van der Waals surface area contributed by atoms with Crippen LogP contribution in [0.5, 0.6) is 0 Å². The molecule has 4 fully saturated rings. The van der Waals surface area contributed by atoms with Gasteiger partial charge in [0.2, 0.25) is 5.95 Å². The molecule has 3 aromatic heterocycles. The van der Waals surface area contributed by atoms with E-state index in [1.165, 1.54) is 45.8 Å². The van der Waals surface area contributed by atoms with E-state index in [-0.39, 0.29) is 22.9 Å². The number of pyridine rings is 2. The highest BCUT2D eigenvalue weighted by molar-refractivity contribution is 5.99. The number of fused-ring (bicyclic) bond motifs is 1. The molecule has 0 radical (unpaired) electrons. The molecule has 234 valence electrons. The lowest BCUT2D eigenvalue weighted by Gasteiger charge is -2.40. The minimum absolute atomic E-state index is 0.0453. The van der Waals surface area contributed by atoms with Gasteiger partial charge in [-0.2, -0.15) is 4.98 Å². The Kier molecular flexibility index (Phi) is 8.11. The number of nitrogens with two attached hydrogens (primary N) is 1. The molecule has 3 N–H and O–H groups in total. The third-order valence-corrected chi connectivity index (χ3v) is 10.5. The van der Waals surface area contributed by atoms with Crippen molar-refractivity contribution in [3.63, 3.8) is 0 Å². The Labute approximate surface area is 258 Å². The van der Waals surface area contributed by atoms with Gasteiger partial charge in [-0.15, -0.1) is 0 Å². The average Bonchev–Trinajstić information content (AvgIpc) is 3.69. The van der Waals surface area contributed by atoms with Gasteiger partial charge in [-0.3, -0.25) is 24.0 Å². The van der Waals surface area contributed by atoms with E-state index in [0.29, 0.717) is 29.0 Å². The van der Waals surface area contributed by atoms with Crippen LogP contribution in [0, 0.1) is 12.8 Å². The summed E-state index contributed by atoms with van der Waals surface area (Å²) in [5.74, 6) is 1.59. The number of aryl methyl sites for hydroxylation is 1. The molecule has 0 spiro atoms. The lowest BCUT2D eigenvalue weighted by Crippen LogP contribution is -2.50. The second-order valence-corrected chi connectivity index (χ2v) is 13.4. The van der Waals surface area contributed by atoms with Crippen molar-refractivity contribution in [3.05, 3.63) is 46.0 Å². The van der Waals surface area contributed by atoms with Crippen molar-refractivity contribution in [2.75, 3.05) is 56.0 Å². The van der Waals surface area contributed by atoms with E-state index in [4.69, 9.17) is 10.7 Å². The largest absolute Gasteiger partial charge is 0.368 e. The van der Waals surface area contributed by atoms with Gasteiger partial charge in [0, 0.05) is 69.0 Å². The normalized spacial score (nSPS) is 25.1. The molecule has 0 bridgehead atoms. The number of carbonyl (C=O) groups is 1. The van der Waals surface area contributed by atoms with Crippen LogP contribution in [0.25, 0.3) is 11.0 Å². The van der Waals surface area contributed by atoms with Crippen molar-refractivity contribution < 1.29 is 4.79 Å². The van der Waals surface area contributed by atoms with Crippen LogP contribution >= 0.6 is 0 Å². The fraction of sp³-hybridized carbons (Fsp3) is 0.606. The topological polar surface area (TPSA) is 126 Å². The second-order valence-electron chi connectivity index (χ2n) is 13.4. The number of rotatable bonds is 8. The number of ketones is 1. The van der Waals surface area contributed by atoms with E-state index in [9.17, 15) is 9.59 Å². The number of hydrogen-bond acceptors (Lipinski definition) is 10. The van der Waals surface area contributed by atoms with Crippen LogP contribution in [0.15, 0.2) is 29.3 Å². The van der Waals surface area contributed by atoms with E-state index in [2.05, 4.69) is 36.1 Å². The second kappa shape index (κ2) is 12.2. The minimum atomic E-state index is -0.245. The molecule has 11 heteroatoms. The molecule has 1 unspecified atom stereocenters. The van der Waals surface area contributed by atoms with Crippen molar-refractivity contribution in [1.29, 1.82) is 0 Å². The van der Waals surface area contributed by atoms with E-state index < -0.39 is 0 Å². The zero-order valence-corrected chi connectivity index (χ0v) is 26.0. The number of aromatic nitrogens is 4. The maximum Gasteiger partial charge on any atom is 0.263 e. The minimum Gasteiger partial charge on any atom is -0.368 e. The molecular weight excluding hydrogens is 554 g/mol. The zero-order valence-electron chi connectivity index (χ0n) is 26.0. The SMILES string of the molecule is CC(=O)c1c(C)c2cnc(Nc3ccc(N4CCN(CC5CCN(C6CC(N)C6)C5)CC4)cn3)nc2n(C2CCCC2)c1=O. The molecule has 0 amide bonds. The van der Waals surface area contributed by atoms with E-state index in [0.717, 1.165) is 74.9 Å². The van der Waals surface area contributed by atoms with Crippen LogP contribution in [-0.4, -0.2) is 93.0 Å². The molecule has 3 aromatic rings. The predicted molar refractivity (Wildman–Crippen MR) is 173 cm³/mol. The number of carbonyl (C=O) groups excluding carboxylic acids is 1. The van der Waals surface area contributed by atoms with Crippen molar-refractivity contribution in [2.24, 2.45) is 11.7 Å². The van der Waals surface area contributed by atoms with Crippen LogP contribution < -0.4 is 21.5 Å². The first-order valence-corrected chi connectivity index (χ1v) is 16.5. The third-order valence-electron chi connectivity index (χ3n) is 10.5. The first-order chi connectivity index (χ1) is 21.3. The van der Waals surface area contributed by atoms with Crippen molar-refractivity contribution in [1.82, 2.24) is 29.3 Å². The summed E-state index contributed by atoms with van der Waals surface area (Å²) in [4.78, 5) is 47.6. The van der Waals surface area contributed by atoms with Crippen molar-refractivity contribution in [2.45, 2.75) is 76.9 Å². The Hall–Kier alpha value is -3.41. The number of nitrogens with one attached hydrogen (secondary N) is 1. The first-order valence-electron chi connectivity index (χ1n) is 16.5. The molecule has 5 heterocycles. The molecule has 11 nitrogen and oxygen atoms in total. The summed E-state index contributed by atoms with van der Waals surface area (Å²) < 4.78 is 1.74. The standard InChI is InChI=1S/C33H45N9O2/c1-21-28-18-36-33(38-31(28)42(25-5-3-4-6-25)32(44)30(21)22(2)43)37-29-8-7-26(17-35-29)40-13-11-39(12-14-40)19-23-9-10-41(20-23)27-15-24(34)16-27/h7-8,17-18,23-25,27H,3-6,9-16,19-20,34H2,1-2H3,(H,35,36,37,38). The van der Waals surface area contributed by atoms with Gasteiger partial charge in [-0.1, -0.05) is 12.8 Å². The number of Topliss-reactive ketones (excluding diaryl/α,β-unsaturated/α-hetero) is 1. The van der Waals surface area contributed by atoms with E-state index in [1.54, 1.807) is 10.8 Å². The highest BCUT2D eigenvalue weighted by Crippen LogP contribution is 2.33. The fourth-order valence-corrected chi connectivity index (χ4v) is 7.90. The molecule has 1 atom stereocenters. The first kappa shape index (κ1) is 29.3.